The van der Waals surface area contributed by atoms with Crippen LogP contribution in [0, 0.1) is 18.7 Å². The lowest BCUT2D eigenvalue weighted by Gasteiger charge is -2.20. The highest BCUT2D eigenvalue weighted by Gasteiger charge is 2.25. The van der Waals surface area contributed by atoms with Crippen molar-refractivity contribution in [3.8, 4) is 11.5 Å². The maximum absolute atomic E-state index is 13.9. The van der Waals surface area contributed by atoms with Crippen molar-refractivity contribution in [2.24, 2.45) is 11.0 Å². The number of amides is 2. The second-order valence-corrected chi connectivity index (χ2v) is 9.57. The summed E-state index contributed by atoms with van der Waals surface area (Å²) in [5.74, 6) is -1.09. The number of hydrazone groups is 1. The molecule has 3 aromatic carbocycles. The molecule has 0 radical (unpaired) electrons. The van der Waals surface area contributed by atoms with Crippen LogP contribution >= 0.6 is 15.9 Å². The van der Waals surface area contributed by atoms with Crippen molar-refractivity contribution >= 4 is 34.0 Å². The van der Waals surface area contributed by atoms with Gasteiger partial charge in [-0.15, -0.1) is 0 Å². The molecule has 0 aliphatic heterocycles. The molecule has 0 saturated carbocycles. The van der Waals surface area contributed by atoms with E-state index in [0.29, 0.717) is 28.1 Å². The molecule has 0 fully saturated rings. The number of rotatable bonds is 10. The van der Waals surface area contributed by atoms with Crippen LogP contribution < -0.4 is 20.2 Å². The minimum Gasteiger partial charge on any atom is -0.493 e. The molecule has 9 heteroatoms. The van der Waals surface area contributed by atoms with E-state index in [1.165, 1.54) is 37.1 Å². The van der Waals surface area contributed by atoms with Gasteiger partial charge in [0.15, 0.2) is 11.5 Å². The number of hydrogen-bond donors (Lipinski definition) is 2. The van der Waals surface area contributed by atoms with E-state index in [1.54, 1.807) is 32.0 Å². The van der Waals surface area contributed by atoms with Gasteiger partial charge in [0.1, 0.15) is 18.5 Å². The Morgan fingerprint density at radius 3 is 2.46 bits per heavy atom. The van der Waals surface area contributed by atoms with Crippen LogP contribution in [0.3, 0.4) is 0 Å². The van der Waals surface area contributed by atoms with Gasteiger partial charge in [-0.05, 0) is 64.2 Å². The maximum Gasteiger partial charge on any atom is 0.262 e. The van der Waals surface area contributed by atoms with E-state index >= 15 is 0 Å². The highest BCUT2D eigenvalue weighted by atomic mass is 79.9. The highest BCUT2D eigenvalue weighted by molar-refractivity contribution is 9.10. The maximum atomic E-state index is 13.9. The van der Waals surface area contributed by atoms with E-state index in [9.17, 15) is 14.0 Å². The number of carbonyl (C=O) groups is 2. The number of ether oxygens (including phenoxy) is 2. The van der Waals surface area contributed by atoms with Gasteiger partial charge in [0.2, 0.25) is 0 Å². The second-order valence-electron chi connectivity index (χ2n) is 8.72. The summed E-state index contributed by atoms with van der Waals surface area (Å²) in [4.78, 5) is 25.2. The van der Waals surface area contributed by atoms with Crippen molar-refractivity contribution in [1.82, 2.24) is 10.7 Å². The largest absolute Gasteiger partial charge is 0.493 e. The van der Waals surface area contributed by atoms with Crippen LogP contribution in [0.4, 0.5) is 4.39 Å². The van der Waals surface area contributed by atoms with Crippen LogP contribution in [0.25, 0.3) is 0 Å². The Hall–Kier alpha value is -3.72. The molecule has 0 aliphatic rings. The molecule has 7 nitrogen and oxygen atoms in total. The van der Waals surface area contributed by atoms with E-state index in [-0.39, 0.29) is 11.5 Å². The van der Waals surface area contributed by atoms with Gasteiger partial charge in [-0.25, -0.2) is 9.82 Å². The Kier molecular flexibility index (Phi) is 9.79. The van der Waals surface area contributed by atoms with Crippen molar-refractivity contribution < 1.29 is 23.5 Å². The molecule has 3 aromatic rings. The number of hydrogen-bond acceptors (Lipinski definition) is 5. The third-order valence-corrected chi connectivity index (χ3v) is 6.09. The summed E-state index contributed by atoms with van der Waals surface area (Å²) < 4.78 is 26.1. The van der Waals surface area contributed by atoms with E-state index < -0.39 is 23.7 Å². The molecule has 2 amide bonds. The molecule has 1 unspecified atom stereocenters. The van der Waals surface area contributed by atoms with Crippen LogP contribution in [-0.2, 0) is 11.4 Å². The van der Waals surface area contributed by atoms with E-state index in [1.807, 2.05) is 31.2 Å². The zero-order valence-electron chi connectivity index (χ0n) is 21.0. The highest BCUT2D eigenvalue weighted by Crippen LogP contribution is 2.36. The Labute approximate surface area is 224 Å². The van der Waals surface area contributed by atoms with E-state index in [4.69, 9.17) is 9.47 Å². The smallest absolute Gasteiger partial charge is 0.262 e. The van der Waals surface area contributed by atoms with Gasteiger partial charge in [0, 0.05) is 0 Å². The monoisotopic (exact) mass is 569 g/mol. The van der Waals surface area contributed by atoms with Gasteiger partial charge in [0.05, 0.1) is 23.4 Å². The fraction of sp³-hybridized carbons (Fsp3) is 0.250. The molecule has 0 spiro atoms. The predicted molar refractivity (Wildman–Crippen MR) is 144 cm³/mol. The SMILES string of the molecule is COc1cc(/C=N/NC(=O)C(NC(=O)c2ccccc2F)C(C)C)cc(Br)c1OCc1ccc(C)cc1. The first kappa shape index (κ1) is 27.9. The number of nitrogens with zero attached hydrogens (tertiary/aromatic N) is 1. The van der Waals surface area contributed by atoms with Gasteiger partial charge in [0.25, 0.3) is 11.8 Å². The van der Waals surface area contributed by atoms with Crippen molar-refractivity contribution in [1.29, 1.82) is 0 Å². The van der Waals surface area contributed by atoms with E-state index in [0.717, 1.165) is 5.56 Å². The fourth-order valence-electron chi connectivity index (χ4n) is 3.43. The molecule has 37 heavy (non-hydrogen) atoms. The molecule has 194 valence electrons. The summed E-state index contributed by atoms with van der Waals surface area (Å²) in [5.41, 5.74) is 5.14. The molecule has 0 aliphatic carbocycles. The molecular formula is C28H29BrFN3O4. The zero-order valence-corrected chi connectivity index (χ0v) is 22.6. The third kappa shape index (κ3) is 7.63. The summed E-state index contributed by atoms with van der Waals surface area (Å²) in [6.45, 7) is 5.94. The minimum absolute atomic E-state index is 0.133. The Balaban J connectivity index is 1.66. The number of methoxy groups -OCH3 is 1. The molecule has 3 rings (SSSR count). The number of halogens is 2. The number of benzene rings is 3. The second kappa shape index (κ2) is 13.0. The van der Waals surface area contributed by atoms with Crippen LogP contribution in [0.5, 0.6) is 11.5 Å². The number of aryl methyl sites for hydroxylation is 1. The van der Waals surface area contributed by atoms with Gasteiger partial charge >= 0.3 is 0 Å². The summed E-state index contributed by atoms with van der Waals surface area (Å²) >= 11 is 3.51. The van der Waals surface area contributed by atoms with Crippen LogP contribution in [-0.4, -0.2) is 31.2 Å². The van der Waals surface area contributed by atoms with Gasteiger partial charge < -0.3 is 14.8 Å². The molecule has 1 atom stereocenters. The lowest BCUT2D eigenvalue weighted by atomic mass is 10.0. The molecule has 0 saturated heterocycles. The predicted octanol–water partition coefficient (Wildman–Crippen LogP) is 5.39. The zero-order chi connectivity index (χ0) is 26.9. The first-order chi connectivity index (χ1) is 17.7. The number of nitrogens with one attached hydrogen (secondary N) is 2. The average molecular weight is 570 g/mol. The first-order valence-corrected chi connectivity index (χ1v) is 12.4. The Bertz CT molecular complexity index is 1280. The van der Waals surface area contributed by atoms with Gasteiger partial charge in [-0.3, -0.25) is 9.59 Å². The molecule has 0 aromatic heterocycles. The molecule has 2 N–H and O–H groups in total. The third-order valence-electron chi connectivity index (χ3n) is 5.50. The standard InChI is InChI=1S/C28H29BrFN3O4/c1-17(2)25(32-27(34)21-7-5-6-8-23(21)30)28(35)33-31-15-20-13-22(29)26(24(14-20)36-4)37-16-19-11-9-18(3)10-12-19/h5-15,17,25H,16H2,1-4H3,(H,32,34)(H,33,35)/b31-15+. The van der Waals surface area contributed by atoms with Crippen molar-refractivity contribution in [2.75, 3.05) is 7.11 Å². The van der Waals surface area contributed by atoms with Crippen LogP contribution in [0.2, 0.25) is 0 Å². The fourth-order valence-corrected chi connectivity index (χ4v) is 4.01. The minimum atomic E-state index is -0.914. The lowest BCUT2D eigenvalue weighted by molar-refractivity contribution is -0.123. The summed E-state index contributed by atoms with van der Waals surface area (Å²) in [6, 6.07) is 16.2. The van der Waals surface area contributed by atoms with Gasteiger partial charge in [-0.2, -0.15) is 5.10 Å². The Morgan fingerprint density at radius 1 is 1.11 bits per heavy atom. The molecular weight excluding hydrogens is 541 g/mol. The normalized spacial score (nSPS) is 11.9. The quantitative estimate of drug-likeness (QED) is 0.253. The van der Waals surface area contributed by atoms with Crippen molar-refractivity contribution in [2.45, 2.75) is 33.4 Å². The van der Waals surface area contributed by atoms with Crippen LogP contribution in [0.1, 0.15) is 40.9 Å². The summed E-state index contributed by atoms with van der Waals surface area (Å²) in [5, 5.41) is 6.60. The van der Waals surface area contributed by atoms with E-state index in [2.05, 4.69) is 31.8 Å². The topological polar surface area (TPSA) is 89.0 Å². The number of carbonyl (C=O) groups excluding carboxylic acids is 2. The average Bonchev–Trinajstić information content (AvgIpc) is 2.87. The van der Waals surface area contributed by atoms with Crippen LogP contribution in [0.15, 0.2) is 70.2 Å². The van der Waals surface area contributed by atoms with Gasteiger partial charge in [-0.1, -0.05) is 55.8 Å². The summed E-state index contributed by atoms with van der Waals surface area (Å²) in [7, 11) is 1.54. The van der Waals surface area contributed by atoms with Crippen molar-refractivity contribution in [3.05, 3.63) is 93.2 Å². The molecule has 0 bridgehead atoms. The van der Waals surface area contributed by atoms with Crippen molar-refractivity contribution in [3.63, 3.8) is 0 Å². The Morgan fingerprint density at radius 2 is 1.81 bits per heavy atom. The first-order valence-electron chi connectivity index (χ1n) is 11.6. The lowest BCUT2D eigenvalue weighted by Crippen LogP contribution is -2.48. The molecule has 0 heterocycles. The summed E-state index contributed by atoms with van der Waals surface area (Å²) in [6.07, 6.45) is 1.45.